The lowest BCUT2D eigenvalue weighted by Gasteiger charge is -2.01. The van der Waals surface area contributed by atoms with Gasteiger partial charge in [-0.1, -0.05) is 26.0 Å². The zero-order valence-electron chi connectivity index (χ0n) is 10.1. The van der Waals surface area contributed by atoms with Gasteiger partial charge in [-0.15, -0.1) is 0 Å². The molecular weight excluding hydrogens is 200 g/mol. The minimum atomic E-state index is 0.0870. The Morgan fingerprint density at radius 2 is 2.06 bits per heavy atom. The van der Waals surface area contributed by atoms with Crippen molar-refractivity contribution in [1.29, 1.82) is 0 Å². The van der Waals surface area contributed by atoms with Crippen molar-refractivity contribution in [2.45, 2.75) is 26.7 Å². The van der Waals surface area contributed by atoms with Crippen LogP contribution in [0.1, 0.15) is 42.7 Å². The maximum absolute atomic E-state index is 11.5. The highest BCUT2D eigenvalue weighted by Crippen LogP contribution is 2.26. The zero-order valence-corrected chi connectivity index (χ0v) is 10.1. The Hall–Kier alpha value is -1.64. The van der Waals surface area contributed by atoms with Crippen molar-refractivity contribution in [3.8, 4) is 0 Å². The molecule has 3 heteroatoms. The summed E-state index contributed by atoms with van der Waals surface area (Å²) < 4.78 is 1.81. The molecule has 2 aromatic rings. The van der Waals surface area contributed by atoms with E-state index in [1.807, 2.05) is 25.2 Å². The molecule has 1 aromatic carbocycles. The number of benzene rings is 1. The number of Topliss-reactive ketones (excluding diaryl/α,β-unsaturated/α-hetero) is 1. The summed E-state index contributed by atoms with van der Waals surface area (Å²) in [7, 11) is 1.89. The Labute approximate surface area is 95.1 Å². The predicted octanol–water partition coefficient (Wildman–Crippen LogP) is 2.90. The van der Waals surface area contributed by atoms with Crippen molar-refractivity contribution in [3.05, 3.63) is 29.5 Å². The number of nitrogens with zero attached hydrogens (tertiary/aromatic N) is 2. The Kier molecular flexibility index (Phi) is 2.54. The smallest absolute Gasteiger partial charge is 0.161 e. The lowest BCUT2D eigenvalue weighted by Crippen LogP contribution is -1.98. The van der Waals surface area contributed by atoms with Crippen molar-refractivity contribution in [2.24, 2.45) is 7.05 Å². The third kappa shape index (κ3) is 1.52. The van der Waals surface area contributed by atoms with Crippen LogP contribution in [0.15, 0.2) is 18.2 Å². The van der Waals surface area contributed by atoms with Crippen LogP contribution in [0.5, 0.6) is 0 Å². The van der Waals surface area contributed by atoms with E-state index in [0.29, 0.717) is 5.92 Å². The minimum absolute atomic E-state index is 0.0870. The largest absolute Gasteiger partial charge is 0.294 e. The van der Waals surface area contributed by atoms with E-state index >= 15 is 0 Å². The summed E-state index contributed by atoms with van der Waals surface area (Å²) in [6, 6.07) is 5.81. The number of fused-ring (bicyclic) bond motifs is 1. The number of aryl methyl sites for hydroxylation is 1. The first-order valence-corrected chi connectivity index (χ1v) is 5.49. The molecule has 84 valence electrons. The van der Waals surface area contributed by atoms with Crippen LogP contribution in [-0.4, -0.2) is 15.6 Å². The molecule has 0 aliphatic rings. The van der Waals surface area contributed by atoms with E-state index in [-0.39, 0.29) is 5.78 Å². The fourth-order valence-corrected chi connectivity index (χ4v) is 2.07. The van der Waals surface area contributed by atoms with Crippen LogP contribution in [0.2, 0.25) is 0 Å². The third-order valence-corrected chi connectivity index (χ3v) is 2.82. The lowest BCUT2D eigenvalue weighted by atomic mass is 10.0. The fourth-order valence-electron chi connectivity index (χ4n) is 2.07. The summed E-state index contributed by atoms with van der Waals surface area (Å²) in [5, 5.41) is 5.58. The van der Waals surface area contributed by atoms with Gasteiger partial charge in [0.15, 0.2) is 5.78 Å². The first kappa shape index (κ1) is 10.9. The second kappa shape index (κ2) is 3.74. The Bertz CT molecular complexity index is 552. The summed E-state index contributed by atoms with van der Waals surface area (Å²) in [6.07, 6.45) is 0. The van der Waals surface area contributed by atoms with E-state index in [1.54, 1.807) is 11.6 Å². The van der Waals surface area contributed by atoms with Gasteiger partial charge in [0.05, 0.1) is 11.2 Å². The number of para-hydroxylation sites is 1. The standard InChI is InChI=1S/C13H16N2O/c1-8(2)12-11-7-5-6-10(9(3)16)13(11)15(4)14-12/h5-8H,1-4H3. The van der Waals surface area contributed by atoms with Crippen LogP contribution in [0.25, 0.3) is 10.9 Å². The molecule has 0 radical (unpaired) electrons. The number of carbonyl (C=O) groups excluding carboxylic acids is 1. The number of rotatable bonds is 2. The van der Waals surface area contributed by atoms with Crippen LogP contribution in [-0.2, 0) is 7.05 Å². The highest BCUT2D eigenvalue weighted by Gasteiger charge is 2.15. The second-order valence-corrected chi connectivity index (χ2v) is 4.42. The van der Waals surface area contributed by atoms with E-state index in [2.05, 4.69) is 18.9 Å². The van der Waals surface area contributed by atoms with Crippen LogP contribution in [0.3, 0.4) is 0 Å². The minimum Gasteiger partial charge on any atom is -0.294 e. The van der Waals surface area contributed by atoms with Crippen molar-refractivity contribution >= 4 is 16.7 Å². The molecule has 1 heterocycles. The summed E-state index contributed by atoms with van der Waals surface area (Å²) in [4.78, 5) is 11.5. The highest BCUT2D eigenvalue weighted by molar-refractivity contribution is 6.06. The van der Waals surface area contributed by atoms with Gasteiger partial charge in [-0.3, -0.25) is 9.48 Å². The van der Waals surface area contributed by atoms with E-state index in [0.717, 1.165) is 22.2 Å². The van der Waals surface area contributed by atoms with Crippen molar-refractivity contribution < 1.29 is 4.79 Å². The Morgan fingerprint density at radius 3 is 2.62 bits per heavy atom. The van der Waals surface area contributed by atoms with Gasteiger partial charge in [0.2, 0.25) is 0 Å². The van der Waals surface area contributed by atoms with Gasteiger partial charge < -0.3 is 0 Å². The van der Waals surface area contributed by atoms with Crippen LogP contribution >= 0.6 is 0 Å². The molecule has 0 bridgehead atoms. The molecule has 0 saturated heterocycles. The molecule has 1 aromatic heterocycles. The van der Waals surface area contributed by atoms with Crippen LogP contribution < -0.4 is 0 Å². The average molecular weight is 216 g/mol. The molecule has 0 spiro atoms. The number of hydrogen-bond donors (Lipinski definition) is 0. The van der Waals surface area contributed by atoms with Gasteiger partial charge in [-0.05, 0) is 18.9 Å². The average Bonchev–Trinajstić information content (AvgIpc) is 2.56. The summed E-state index contributed by atoms with van der Waals surface area (Å²) in [5.74, 6) is 0.454. The number of hydrogen-bond acceptors (Lipinski definition) is 2. The molecule has 0 aliphatic heterocycles. The zero-order chi connectivity index (χ0) is 11.9. The predicted molar refractivity (Wildman–Crippen MR) is 64.8 cm³/mol. The molecular formula is C13H16N2O. The monoisotopic (exact) mass is 216 g/mol. The first-order valence-electron chi connectivity index (χ1n) is 5.49. The lowest BCUT2D eigenvalue weighted by molar-refractivity contribution is 0.101. The molecule has 2 rings (SSSR count). The quantitative estimate of drug-likeness (QED) is 0.723. The topological polar surface area (TPSA) is 34.9 Å². The van der Waals surface area contributed by atoms with E-state index in [1.165, 1.54) is 0 Å². The van der Waals surface area contributed by atoms with Crippen molar-refractivity contribution in [2.75, 3.05) is 0 Å². The summed E-state index contributed by atoms with van der Waals surface area (Å²) in [6.45, 7) is 5.82. The van der Waals surface area contributed by atoms with Crippen LogP contribution in [0.4, 0.5) is 0 Å². The molecule has 3 nitrogen and oxygen atoms in total. The highest BCUT2D eigenvalue weighted by atomic mass is 16.1. The van der Waals surface area contributed by atoms with E-state index in [9.17, 15) is 4.79 Å². The SMILES string of the molecule is CC(=O)c1cccc2c(C(C)C)nn(C)c12. The maximum atomic E-state index is 11.5. The van der Waals surface area contributed by atoms with Gasteiger partial charge in [0, 0.05) is 18.0 Å². The molecule has 0 fully saturated rings. The number of carbonyl (C=O) groups is 1. The van der Waals surface area contributed by atoms with E-state index in [4.69, 9.17) is 0 Å². The first-order chi connectivity index (χ1) is 7.52. The maximum Gasteiger partial charge on any atom is 0.161 e. The number of aromatic nitrogens is 2. The van der Waals surface area contributed by atoms with Gasteiger partial charge in [0.1, 0.15) is 0 Å². The van der Waals surface area contributed by atoms with Gasteiger partial charge in [-0.2, -0.15) is 5.10 Å². The van der Waals surface area contributed by atoms with Crippen molar-refractivity contribution in [3.63, 3.8) is 0 Å². The van der Waals surface area contributed by atoms with Gasteiger partial charge in [0.25, 0.3) is 0 Å². The summed E-state index contributed by atoms with van der Waals surface area (Å²) >= 11 is 0. The fraction of sp³-hybridized carbons (Fsp3) is 0.385. The number of ketones is 1. The second-order valence-electron chi connectivity index (χ2n) is 4.42. The van der Waals surface area contributed by atoms with Crippen LogP contribution in [0, 0.1) is 0 Å². The molecule has 0 unspecified atom stereocenters. The molecule has 16 heavy (non-hydrogen) atoms. The molecule has 0 atom stereocenters. The molecule has 0 aliphatic carbocycles. The Balaban J connectivity index is 2.84. The third-order valence-electron chi connectivity index (χ3n) is 2.82. The van der Waals surface area contributed by atoms with E-state index < -0.39 is 0 Å². The summed E-state index contributed by atoms with van der Waals surface area (Å²) in [5.41, 5.74) is 2.75. The molecule has 0 amide bonds. The molecule has 0 saturated carbocycles. The van der Waals surface area contributed by atoms with Gasteiger partial charge >= 0.3 is 0 Å². The Morgan fingerprint density at radius 1 is 1.38 bits per heavy atom. The molecule has 0 N–H and O–H groups in total. The van der Waals surface area contributed by atoms with Gasteiger partial charge in [-0.25, -0.2) is 0 Å². The normalized spacial score (nSPS) is 11.3. The van der Waals surface area contributed by atoms with Crippen molar-refractivity contribution in [1.82, 2.24) is 9.78 Å².